The molecule has 0 spiro atoms. The molecule has 3 aliphatic heterocycles. The molecular weight excluding hydrogens is 251 g/mol. The van der Waals surface area contributed by atoms with Crippen molar-refractivity contribution < 1.29 is 14.6 Å². The molecule has 4 rings (SSSR count). The predicted molar refractivity (Wildman–Crippen MR) is 69.1 cm³/mol. The number of hydrogen-bond acceptors (Lipinski definition) is 0. The summed E-state index contributed by atoms with van der Waals surface area (Å²) >= 11 is 6.06. The van der Waals surface area contributed by atoms with Crippen LogP contribution in [0.15, 0.2) is 18.2 Å². The first-order chi connectivity index (χ1) is 8.74. The Balaban J connectivity index is 1.64. The minimum atomic E-state index is -0.174. The minimum Gasteiger partial charge on any atom is -0.335 e. The Kier molecular flexibility index (Phi) is 3.55. The van der Waals surface area contributed by atoms with Crippen LogP contribution in [0, 0.1) is 11.7 Å². The lowest BCUT2D eigenvalue weighted by molar-refractivity contribution is -0.943. The molecule has 1 aromatic rings. The summed E-state index contributed by atoms with van der Waals surface area (Å²) in [5, 5.41) is 2.85. The highest BCUT2D eigenvalue weighted by Gasteiger charge is 2.39. The first-order valence-electron chi connectivity index (χ1n) is 6.84. The fourth-order valence-corrected chi connectivity index (χ4v) is 3.69. The summed E-state index contributed by atoms with van der Waals surface area (Å²) in [6.07, 6.45) is 2.67. The molecule has 3 fully saturated rings. The molecule has 0 radical (unpaired) electrons. The number of quaternary nitrogens is 2. The van der Waals surface area contributed by atoms with Crippen molar-refractivity contribution in [2.45, 2.75) is 25.4 Å². The van der Waals surface area contributed by atoms with Gasteiger partial charge in [0.05, 0.1) is 23.7 Å². The highest BCUT2D eigenvalue weighted by molar-refractivity contribution is 6.31. The topological polar surface area (TPSA) is 21.1 Å². The maximum Gasteiger partial charge on any atom is 0.139 e. The number of fused-ring (bicyclic) bond motifs is 3. The number of nitrogens with two attached hydrogens (primary N) is 1. The second kappa shape index (κ2) is 5.16. The van der Waals surface area contributed by atoms with Gasteiger partial charge in [-0.2, -0.15) is 0 Å². The number of rotatable bonds is 3. The molecule has 3 heterocycles. The second-order valence-electron chi connectivity index (χ2n) is 5.60. The number of hydrogen-bond donors (Lipinski definition) is 2. The minimum absolute atomic E-state index is 0.174. The van der Waals surface area contributed by atoms with E-state index in [1.807, 2.05) is 0 Å². The van der Waals surface area contributed by atoms with E-state index in [1.54, 1.807) is 17.0 Å². The normalized spacial score (nSPS) is 30.7. The lowest BCUT2D eigenvalue weighted by Crippen LogP contribution is -3.20. The number of benzene rings is 1. The van der Waals surface area contributed by atoms with Crippen molar-refractivity contribution >= 4 is 11.6 Å². The van der Waals surface area contributed by atoms with Crippen LogP contribution in [-0.2, 0) is 6.54 Å². The first kappa shape index (κ1) is 12.4. The lowest BCUT2D eigenvalue weighted by Gasteiger charge is -2.40. The molecule has 0 unspecified atom stereocenters. The van der Waals surface area contributed by atoms with Gasteiger partial charge in [-0.25, -0.2) is 4.39 Å². The Hall–Kier alpha value is -0.640. The van der Waals surface area contributed by atoms with Crippen molar-refractivity contribution in [1.29, 1.82) is 0 Å². The fourth-order valence-electron chi connectivity index (χ4n) is 3.45. The third-order valence-corrected chi connectivity index (χ3v) is 4.91. The van der Waals surface area contributed by atoms with Crippen LogP contribution in [0.2, 0.25) is 5.02 Å². The van der Waals surface area contributed by atoms with Gasteiger partial charge < -0.3 is 10.2 Å². The monoisotopic (exact) mass is 270 g/mol. The molecule has 3 N–H and O–H groups in total. The quantitative estimate of drug-likeness (QED) is 0.784. The molecule has 18 heavy (non-hydrogen) atoms. The predicted octanol–water partition coefficient (Wildman–Crippen LogP) is 0.220. The van der Waals surface area contributed by atoms with Gasteiger partial charge in [0.15, 0.2) is 0 Å². The SMILES string of the molecule is Fc1cccc(Cl)c1C[NH2+][C@H]1C[NH+]2CCC1CC2. The Morgan fingerprint density at radius 3 is 2.72 bits per heavy atom. The van der Waals surface area contributed by atoms with E-state index in [9.17, 15) is 4.39 Å². The van der Waals surface area contributed by atoms with Crippen LogP contribution in [0.3, 0.4) is 0 Å². The zero-order valence-corrected chi connectivity index (χ0v) is 11.2. The Morgan fingerprint density at radius 1 is 1.33 bits per heavy atom. The van der Waals surface area contributed by atoms with Crippen LogP contribution in [0.25, 0.3) is 0 Å². The zero-order chi connectivity index (χ0) is 12.5. The summed E-state index contributed by atoms with van der Waals surface area (Å²) in [6.45, 7) is 4.56. The van der Waals surface area contributed by atoms with Crippen molar-refractivity contribution in [2.75, 3.05) is 19.6 Å². The molecule has 0 aromatic heterocycles. The van der Waals surface area contributed by atoms with Gasteiger partial charge in [-0.3, -0.25) is 0 Å². The molecule has 1 aromatic carbocycles. The molecule has 1 atom stereocenters. The second-order valence-corrected chi connectivity index (χ2v) is 6.00. The number of halogens is 2. The fraction of sp³-hybridized carbons (Fsp3) is 0.571. The highest BCUT2D eigenvalue weighted by atomic mass is 35.5. The lowest BCUT2D eigenvalue weighted by atomic mass is 9.84. The molecule has 3 saturated heterocycles. The van der Waals surface area contributed by atoms with Crippen molar-refractivity contribution in [3.05, 3.63) is 34.6 Å². The molecule has 3 aliphatic rings. The number of piperidine rings is 3. The summed E-state index contributed by atoms with van der Waals surface area (Å²) in [4.78, 5) is 1.72. The molecule has 0 amide bonds. The smallest absolute Gasteiger partial charge is 0.139 e. The molecule has 98 valence electrons. The van der Waals surface area contributed by atoms with Crippen LogP contribution >= 0.6 is 11.6 Å². The zero-order valence-electron chi connectivity index (χ0n) is 10.5. The molecule has 4 heteroatoms. The summed E-state index contributed by atoms with van der Waals surface area (Å²) in [5.41, 5.74) is 0.658. The van der Waals surface area contributed by atoms with Crippen LogP contribution in [0.1, 0.15) is 18.4 Å². The van der Waals surface area contributed by atoms with Gasteiger partial charge >= 0.3 is 0 Å². The van der Waals surface area contributed by atoms with Crippen LogP contribution in [0.4, 0.5) is 4.39 Å². The molecule has 0 aliphatic carbocycles. The largest absolute Gasteiger partial charge is 0.335 e. The third kappa shape index (κ3) is 2.40. The summed E-state index contributed by atoms with van der Waals surface area (Å²) in [7, 11) is 0. The Bertz CT molecular complexity index is 410. The van der Waals surface area contributed by atoms with Gasteiger partial charge in [0.25, 0.3) is 0 Å². The third-order valence-electron chi connectivity index (χ3n) is 4.55. The van der Waals surface area contributed by atoms with E-state index in [-0.39, 0.29) is 5.82 Å². The average Bonchev–Trinajstić information content (AvgIpc) is 2.39. The van der Waals surface area contributed by atoms with E-state index in [0.717, 1.165) is 5.92 Å². The van der Waals surface area contributed by atoms with Crippen molar-refractivity contribution in [3.63, 3.8) is 0 Å². The standard InChI is InChI=1S/C14H18ClFN2/c15-12-2-1-3-13(16)11(12)8-17-14-9-18-6-4-10(14)5-7-18/h1-3,10,14,17H,4-9H2/p+2/t14-/m0/s1. The van der Waals surface area contributed by atoms with E-state index in [4.69, 9.17) is 11.6 Å². The molecule has 2 nitrogen and oxygen atoms in total. The van der Waals surface area contributed by atoms with E-state index >= 15 is 0 Å². The van der Waals surface area contributed by atoms with Gasteiger partial charge in [-0.05, 0) is 12.1 Å². The van der Waals surface area contributed by atoms with Crippen molar-refractivity contribution in [3.8, 4) is 0 Å². The van der Waals surface area contributed by atoms with E-state index in [0.29, 0.717) is 23.2 Å². The van der Waals surface area contributed by atoms with E-state index in [2.05, 4.69) is 5.32 Å². The first-order valence-corrected chi connectivity index (χ1v) is 7.21. The molecule has 2 bridgehead atoms. The average molecular weight is 271 g/mol. The maximum absolute atomic E-state index is 13.7. The highest BCUT2D eigenvalue weighted by Crippen LogP contribution is 2.19. The van der Waals surface area contributed by atoms with E-state index in [1.165, 1.54) is 38.5 Å². The van der Waals surface area contributed by atoms with Crippen LogP contribution in [-0.4, -0.2) is 25.7 Å². The molecule has 0 saturated carbocycles. The van der Waals surface area contributed by atoms with Gasteiger partial charge in [0.1, 0.15) is 24.9 Å². The van der Waals surface area contributed by atoms with Gasteiger partial charge in [0, 0.05) is 18.8 Å². The van der Waals surface area contributed by atoms with Crippen LogP contribution in [0.5, 0.6) is 0 Å². The Morgan fingerprint density at radius 2 is 2.11 bits per heavy atom. The Labute approximate surface area is 112 Å². The number of nitrogens with one attached hydrogen (secondary N) is 1. The molecular formula is C14H20ClFN2+2. The summed E-state index contributed by atoms with van der Waals surface area (Å²) in [6, 6.07) is 5.59. The van der Waals surface area contributed by atoms with Gasteiger partial charge in [0.2, 0.25) is 0 Å². The summed E-state index contributed by atoms with van der Waals surface area (Å²) in [5.74, 6) is 0.653. The van der Waals surface area contributed by atoms with Gasteiger partial charge in [-0.1, -0.05) is 17.7 Å². The van der Waals surface area contributed by atoms with Crippen molar-refractivity contribution in [1.82, 2.24) is 0 Å². The van der Waals surface area contributed by atoms with Crippen LogP contribution < -0.4 is 10.2 Å². The maximum atomic E-state index is 13.7. The van der Waals surface area contributed by atoms with E-state index < -0.39 is 0 Å². The van der Waals surface area contributed by atoms with Gasteiger partial charge in [-0.15, -0.1) is 0 Å². The summed E-state index contributed by atoms with van der Waals surface area (Å²) < 4.78 is 13.7. The van der Waals surface area contributed by atoms with Crippen molar-refractivity contribution in [2.24, 2.45) is 5.92 Å².